The fourth-order valence-corrected chi connectivity index (χ4v) is 1.76. The van der Waals surface area contributed by atoms with Gasteiger partial charge >= 0.3 is 12.0 Å². The molecule has 0 saturated carbocycles. The molecule has 1 aromatic heterocycles. The van der Waals surface area contributed by atoms with Crippen molar-refractivity contribution in [2.24, 2.45) is 0 Å². The fraction of sp³-hybridized carbons (Fsp3) is 0.231. The van der Waals surface area contributed by atoms with Gasteiger partial charge in [-0.3, -0.25) is 9.89 Å². The SMILES string of the molecule is CN(Cc1ncn[nH]1)C(=O)Nc1cccc(CC(=O)O)c1. The van der Waals surface area contributed by atoms with Gasteiger partial charge in [-0.2, -0.15) is 5.10 Å². The molecule has 1 heterocycles. The molecule has 0 saturated heterocycles. The quantitative estimate of drug-likeness (QED) is 0.763. The topological polar surface area (TPSA) is 111 Å². The van der Waals surface area contributed by atoms with Crippen LogP contribution < -0.4 is 5.32 Å². The van der Waals surface area contributed by atoms with Crippen molar-refractivity contribution < 1.29 is 14.7 Å². The lowest BCUT2D eigenvalue weighted by Gasteiger charge is -2.16. The number of rotatable bonds is 5. The van der Waals surface area contributed by atoms with Crippen LogP contribution in [-0.2, 0) is 17.8 Å². The molecule has 2 rings (SSSR count). The first kappa shape index (κ1) is 14.5. The number of carbonyl (C=O) groups excluding carboxylic acids is 1. The molecule has 0 spiro atoms. The average Bonchev–Trinajstić information content (AvgIpc) is 2.91. The summed E-state index contributed by atoms with van der Waals surface area (Å²) in [6.45, 7) is 0.292. The van der Waals surface area contributed by atoms with Gasteiger partial charge in [0.2, 0.25) is 0 Å². The Kier molecular flexibility index (Phi) is 4.50. The highest BCUT2D eigenvalue weighted by molar-refractivity contribution is 5.89. The number of H-pyrrole nitrogens is 1. The van der Waals surface area contributed by atoms with Crippen LogP contribution in [0.4, 0.5) is 10.5 Å². The Morgan fingerprint density at radius 2 is 2.24 bits per heavy atom. The summed E-state index contributed by atoms with van der Waals surface area (Å²) < 4.78 is 0. The third-order valence-electron chi connectivity index (χ3n) is 2.73. The first-order valence-corrected chi connectivity index (χ1v) is 6.21. The molecule has 1 aromatic carbocycles. The molecule has 2 amide bonds. The summed E-state index contributed by atoms with van der Waals surface area (Å²) in [5, 5.41) is 17.8. The Hall–Kier alpha value is -2.90. The number of carboxylic acid groups (broad SMARTS) is 1. The summed E-state index contributed by atoms with van der Waals surface area (Å²) in [6, 6.07) is 6.41. The van der Waals surface area contributed by atoms with Crippen LogP contribution in [-0.4, -0.2) is 44.2 Å². The summed E-state index contributed by atoms with van der Waals surface area (Å²) in [6.07, 6.45) is 1.29. The van der Waals surface area contributed by atoms with E-state index in [4.69, 9.17) is 5.11 Å². The van der Waals surface area contributed by atoms with Gasteiger partial charge in [0.1, 0.15) is 12.2 Å². The highest BCUT2D eigenvalue weighted by Crippen LogP contribution is 2.12. The lowest BCUT2D eigenvalue weighted by atomic mass is 10.1. The molecular formula is C13H15N5O3. The number of nitrogens with zero attached hydrogens (tertiary/aromatic N) is 3. The van der Waals surface area contributed by atoms with Crippen LogP contribution in [0.25, 0.3) is 0 Å². The highest BCUT2D eigenvalue weighted by Gasteiger charge is 2.11. The Balaban J connectivity index is 1.97. The van der Waals surface area contributed by atoms with Crippen molar-refractivity contribution in [1.29, 1.82) is 0 Å². The van der Waals surface area contributed by atoms with Crippen LogP contribution in [0.15, 0.2) is 30.6 Å². The van der Waals surface area contributed by atoms with Crippen LogP contribution in [0.1, 0.15) is 11.4 Å². The van der Waals surface area contributed by atoms with E-state index in [-0.39, 0.29) is 12.5 Å². The van der Waals surface area contributed by atoms with Crippen LogP contribution in [0.2, 0.25) is 0 Å². The second-order valence-corrected chi connectivity index (χ2v) is 4.49. The normalized spacial score (nSPS) is 10.1. The molecule has 110 valence electrons. The smallest absolute Gasteiger partial charge is 0.321 e. The number of aromatic amines is 1. The van der Waals surface area contributed by atoms with E-state index < -0.39 is 5.97 Å². The molecule has 0 aliphatic carbocycles. The summed E-state index contributed by atoms with van der Waals surface area (Å²) in [7, 11) is 1.62. The second kappa shape index (κ2) is 6.51. The highest BCUT2D eigenvalue weighted by atomic mass is 16.4. The number of benzene rings is 1. The van der Waals surface area contributed by atoms with Gasteiger partial charge in [-0.15, -0.1) is 0 Å². The molecule has 21 heavy (non-hydrogen) atoms. The molecule has 3 N–H and O–H groups in total. The Morgan fingerprint density at radius 3 is 2.90 bits per heavy atom. The molecule has 0 bridgehead atoms. The van der Waals surface area contributed by atoms with Gasteiger partial charge in [-0.25, -0.2) is 9.78 Å². The minimum atomic E-state index is -0.916. The van der Waals surface area contributed by atoms with Gasteiger partial charge in [0.05, 0.1) is 13.0 Å². The molecule has 0 unspecified atom stereocenters. The maximum atomic E-state index is 12.0. The summed E-state index contributed by atoms with van der Waals surface area (Å²) in [5.74, 6) is -0.340. The van der Waals surface area contributed by atoms with E-state index in [0.717, 1.165) is 0 Å². The molecular weight excluding hydrogens is 274 g/mol. The molecule has 2 aromatic rings. The predicted octanol–water partition coefficient (Wildman–Crippen LogP) is 1.10. The van der Waals surface area contributed by atoms with E-state index in [1.165, 1.54) is 11.2 Å². The van der Waals surface area contributed by atoms with Gasteiger partial charge in [0.15, 0.2) is 0 Å². The number of urea groups is 1. The zero-order valence-corrected chi connectivity index (χ0v) is 11.4. The second-order valence-electron chi connectivity index (χ2n) is 4.49. The van der Waals surface area contributed by atoms with E-state index >= 15 is 0 Å². The van der Waals surface area contributed by atoms with Gasteiger partial charge in [-0.05, 0) is 17.7 Å². The zero-order chi connectivity index (χ0) is 15.2. The average molecular weight is 289 g/mol. The summed E-state index contributed by atoms with van der Waals surface area (Å²) in [5.41, 5.74) is 1.17. The Morgan fingerprint density at radius 1 is 1.43 bits per heavy atom. The lowest BCUT2D eigenvalue weighted by molar-refractivity contribution is -0.136. The maximum absolute atomic E-state index is 12.0. The van der Waals surface area contributed by atoms with Crippen molar-refractivity contribution in [1.82, 2.24) is 20.1 Å². The summed E-state index contributed by atoms with van der Waals surface area (Å²) >= 11 is 0. The number of hydrogen-bond donors (Lipinski definition) is 3. The molecule has 0 radical (unpaired) electrons. The van der Waals surface area contributed by atoms with Crippen molar-refractivity contribution in [2.75, 3.05) is 12.4 Å². The monoisotopic (exact) mass is 289 g/mol. The predicted molar refractivity (Wildman–Crippen MR) is 74.7 cm³/mol. The van der Waals surface area contributed by atoms with Crippen molar-refractivity contribution in [3.05, 3.63) is 42.0 Å². The largest absolute Gasteiger partial charge is 0.481 e. The third kappa shape index (κ3) is 4.30. The van der Waals surface area contributed by atoms with Gasteiger partial charge < -0.3 is 15.3 Å². The number of aliphatic carboxylic acids is 1. The minimum Gasteiger partial charge on any atom is -0.481 e. The minimum absolute atomic E-state index is 0.0857. The zero-order valence-electron chi connectivity index (χ0n) is 11.4. The van der Waals surface area contributed by atoms with Gasteiger partial charge in [0.25, 0.3) is 0 Å². The van der Waals surface area contributed by atoms with E-state index in [0.29, 0.717) is 23.6 Å². The maximum Gasteiger partial charge on any atom is 0.321 e. The molecule has 8 nitrogen and oxygen atoms in total. The van der Waals surface area contributed by atoms with Crippen molar-refractivity contribution in [3.63, 3.8) is 0 Å². The molecule has 8 heteroatoms. The Labute approximate surface area is 120 Å². The van der Waals surface area contributed by atoms with Gasteiger partial charge in [-0.1, -0.05) is 12.1 Å². The first-order chi connectivity index (χ1) is 10.0. The third-order valence-corrected chi connectivity index (χ3v) is 2.73. The number of amides is 2. The van der Waals surface area contributed by atoms with E-state index in [2.05, 4.69) is 20.5 Å². The molecule has 0 fully saturated rings. The number of carboxylic acids is 1. The number of hydrogen-bond acceptors (Lipinski definition) is 4. The lowest BCUT2D eigenvalue weighted by Crippen LogP contribution is -2.31. The van der Waals surface area contributed by atoms with Crippen molar-refractivity contribution in [2.45, 2.75) is 13.0 Å². The van der Waals surface area contributed by atoms with E-state index in [1.54, 1.807) is 31.3 Å². The fourth-order valence-electron chi connectivity index (χ4n) is 1.76. The van der Waals surface area contributed by atoms with E-state index in [1.807, 2.05) is 0 Å². The number of anilines is 1. The van der Waals surface area contributed by atoms with Crippen LogP contribution in [0.3, 0.4) is 0 Å². The first-order valence-electron chi connectivity index (χ1n) is 6.21. The van der Waals surface area contributed by atoms with Crippen LogP contribution in [0, 0.1) is 0 Å². The molecule has 0 atom stereocenters. The molecule has 0 aliphatic rings. The standard InChI is InChI=1S/C13H15N5O3/c1-18(7-11-14-8-15-17-11)13(21)16-10-4-2-3-9(5-10)6-12(19)20/h2-5,8H,6-7H2,1H3,(H,16,21)(H,19,20)(H,14,15,17). The molecule has 0 aliphatic heterocycles. The van der Waals surface area contributed by atoms with Crippen LogP contribution >= 0.6 is 0 Å². The number of carbonyl (C=O) groups is 2. The Bertz CT molecular complexity index is 626. The number of nitrogens with one attached hydrogen (secondary N) is 2. The van der Waals surface area contributed by atoms with E-state index in [9.17, 15) is 9.59 Å². The number of aromatic nitrogens is 3. The van der Waals surface area contributed by atoms with Crippen molar-refractivity contribution >= 4 is 17.7 Å². The summed E-state index contributed by atoms with van der Waals surface area (Å²) in [4.78, 5) is 28.1. The van der Waals surface area contributed by atoms with Crippen molar-refractivity contribution in [3.8, 4) is 0 Å². The van der Waals surface area contributed by atoms with Gasteiger partial charge in [0, 0.05) is 12.7 Å². The van der Waals surface area contributed by atoms with Crippen LogP contribution in [0.5, 0.6) is 0 Å².